The van der Waals surface area contributed by atoms with Crippen molar-refractivity contribution in [3.63, 3.8) is 0 Å². The molecule has 1 aromatic carbocycles. The number of rotatable bonds is 7. The quantitative estimate of drug-likeness (QED) is 0.611. The van der Waals surface area contributed by atoms with Gasteiger partial charge in [0.1, 0.15) is 6.61 Å². The number of ether oxygens (including phenoxy) is 2. The molecule has 0 aliphatic heterocycles. The largest absolute Gasteiger partial charge is 0.490 e. The number of alkyl halides is 3. The van der Waals surface area contributed by atoms with E-state index in [1.165, 1.54) is 0 Å². The van der Waals surface area contributed by atoms with Crippen LogP contribution in [0.3, 0.4) is 0 Å². The monoisotopic (exact) mass is 331 g/mol. The zero-order valence-electron chi connectivity index (χ0n) is 10.7. The summed E-state index contributed by atoms with van der Waals surface area (Å²) in [6, 6.07) is 2.84. The molecule has 0 aromatic heterocycles. The number of nitrogens with two attached hydrogens (primary N) is 1. The van der Waals surface area contributed by atoms with Gasteiger partial charge in [-0.15, -0.1) is 0 Å². The van der Waals surface area contributed by atoms with E-state index in [4.69, 9.17) is 9.88 Å². The highest BCUT2D eigenvalue weighted by Crippen LogP contribution is 2.20. The minimum Gasteiger partial charge on any atom is -0.490 e. The van der Waals surface area contributed by atoms with Crippen LogP contribution in [0, 0.1) is 5.82 Å². The normalized spacial score (nSPS) is 12.4. The molecular formula is C11H13F4NO4S. The Hall–Kier alpha value is -1.39. The van der Waals surface area contributed by atoms with Crippen molar-refractivity contribution in [3.8, 4) is 5.75 Å². The summed E-state index contributed by atoms with van der Waals surface area (Å²) < 4.78 is 80.0. The second kappa shape index (κ2) is 7.05. The van der Waals surface area contributed by atoms with E-state index < -0.39 is 33.5 Å². The van der Waals surface area contributed by atoms with Crippen molar-refractivity contribution in [3.05, 3.63) is 24.0 Å². The highest BCUT2D eigenvalue weighted by Gasteiger charge is 2.27. The molecule has 5 nitrogen and oxygen atoms in total. The molecule has 0 saturated heterocycles. The van der Waals surface area contributed by atoms with Gasteiger partial charge in [0.15, 0.2) is 11.6 Å². The van der Waals surface area contributed by atoms with Crippen LogP contribution < -0.4 is 9.88 Å². The maximum absolute atomic E-state index is 13.5. The molecule has 0 spiro atoms. The standard InChI is InChI=1S/C11H13F4NO4S/c12-9-6-8(21(16,17)18)2-3-10(9)20-5-1-4-19-7-11(13,14)15/h2-3,6H,1,4-5,7H2,(H2,16,17,18). The number of hydrogen-bond acceptors (Lipinski definition) is 4. The first kappa shape index (κ1) is 17.7. The molecule has 10 heteroatoms. The Bertz CT molecular complexity index is 574. The molecule has 0 bridgehead atoms. The van der Waals surface area contributed by atoms with Gasteiger partial charge in [0, 0.05) is 6.42 Å². The van der Waals surface area contributed by atoms with Crippen molar-refractivity contribution in [2.24, 2.45) is 5.14 Å². The summed E-state index contributed by atoms with van der Waals surface area (Å²) in [5.74, 6) is -1.16. The van der Waals surface area contributed by atoms with Gasteiger partial charge in [-0.05, 0) is 18.2 Å². The van der Waals surface area contributed by atoms with Crippen LogP contribution in [-0.2, 0) is 14.8 Å². The van der Waals surface area contributed by atoms with Crippen LogP contribution >= 0.6 is 0 Å². The number of sulfonamides is 1. The van der Waals surface area contributed by atoms with Crippen LogP contribution in [0.2, 0.25) is 0 Å². The van der Waals surface area contributed by atoms with E-state index in [0.29, 0.717) is 6.07 Å². The van der Waals surface area contributed by atoms with Crippen LogP contribution in [0.4, 0.5) is 17.6 Å². The van der Waals surface area contributed by atoms with Crippen LogP contribution in [0.25, 0.3) is 0 Å². The number of primary sulfonamides is 1. The van der Waals surface area contributed by atoms with Gasteiger partial charge in [-0.1, -0.05) is 0 Å². The van der Waals surface area contributed by atoms with Crippen molar-refractivity contribution in [1.82, 2.24) is 0 Å². The molecule has 120 valence electrons. The maximum atomic E-state index is 13.5. The van der Waals surface area contributed by atoms with E-state index >= 15 is 0 Å². The molecule has 21 heavy (non-hydrogen) atoms. The van der Waals surface area contributed by atoms with Crippen molar-refractivity contribution < 1.29 is 35.5 Å². The first-order chi connectivity index (χ1) is 9.59. The van der Waals surface area contributed by atoms with Crippen LogP contribution in [0.5, 0.6) is 5.75 Å². The van der Waals surface area contributed by atoms with E-state index in [-0.39, 0.29) is 25.4 Å². The molecule has 0 aliphatic rings. The summed E-state index contributed by atoms with van der Waals surface area (Å²) in [4.78, 5) is -0.402. The molecule has 0 amide bonds. The first-order valence-electron chi connectivity index (χ1n) is 5.69. The van der Waals surface area contributed by atoms with E-state index in [2.05, 4.69) is 4.74 Å². The van der Waals surface area contributed by atoms with Crippen LogP contribution in [0.15, 0.2) is 23.1 Å². The minimum atomic E-state index is -4.39. The Morgan fingerprint density at radius 3 is 2.38 bits per heavy atom. The second-order valence-electron chi connectivity index (χ2n) is 4.01. The summed E-state index contributed by atoms with van der Waals surface area (Å²) >= 11 is 0. The average molecular weight is 331 g/mol. The molecule has 0 heterocycles. The van der Waals surface area contributed by atoms with E-state index in [0.717, 1.165) is 12.1 Å². The van der Waals surface area contributed by atoms with Gasteiger partial charge in [-0.3, -0.25) is 0 Å². The van der Waals surface area contributed by atoms with Crippen molar-refractivity contribution in [1.29, 1.82) is 0 Å². The van der Waals surface area contributed by atoms with E-state index in [1.807, 2.05) is 0 Å². The molecule has 0 saturated carbocycles. The molecule has 2 N–H and O–H groups in total. The molecular weight excluding hydrogens is 318 g/mol. The highest BCUT2D eigenvalue weighted by atomic mass is 32.2. The fourth-order valence-electron chi connectivity index (χ4n) is 1.31. The van der Waals surface area contributed by atoms with E-state index in [9.17, 15) is 26.0 Å². The summed E-state index contributed by atoms with van der Waals surface area (Å²) in [5, 5.41) is 4.82. The van der Waals surface area contributed by atoms with Gasteiger partial charge in [0.2, 0.25) is 10.0 Å². The fraction of sp³-hybridized carbons (Fsp3) is 0.455. The minimum absolute atomic E-state index is 0.0799. The Morgan fingerprint density at radius 2 is 1.86 bits per heavy atom. The molecule has 1 rings (SSSR count). The predicted molar refractivity (Wildman–Crippen MR) is 64.8 cm³/mol. The SMILES string of the molecule is NS(=O)(=O)c1ccc(OCCCOCC(F)(F)F)c(F)c1. The number of halogens is 4. The third kappa shape index (κ3) is 6.74. The van der Waals surface area contributed by atoms with Gasteiger partial charge in [-0.2, -0.15) is 13.2 Å². The lowest BCUT2D eigenvalue weighted by Crippen LogP contribution is -2.18. The van der Waals surface area contributed by atoms with E-state index in [1.54, 1.807) is 0 Å². The lowest BCUT2D eigenvalue weighted by molar-refractivity contribution is -0.174. The van der Waals surface area contributed by atoms with Crippen molar-refractivity contribution >= 4 is 10.0 Å². The first-order valence-corrected chi connectivity index (χ1v) is 7.24. The summed E-state index contributed by atoms with van der Waals surface area (Å²) in [7, 11) is -4.01. The molecule has 0 fully saturated rings. The third-order valence-electron chi connectivity index (χ3n) is 2.19. The van der Waals surface area contributed by atoms with Crippen LogP contribution in [0.1, 0.15) is 6.42 Å². The maximum Gasteiger partial charge on any atom is 0.411 e. The smallest absolute Gasteiger partial charge is 0.411 e. The second-order valence-corrected chi connectivity index (χ2v) is 5.57. The third-order valence-corrected chi connectivity index (χ3v) is 3.10. The Labute approximate surface area is 118 Å². The summed E-state index contributed by atoms with van der Waals surface area (Å²) in [6.07, 6.45) is -4.27. The predicted octanol–water partition coefficient (Wildman–Crippen LogP) is 1.82. The van der Waals surface area contributed by atoms with Crippen molar-refractivity contribution in [2.75, 3.05) is 19.8 Å². The Morgan fingerprint density at radius 1 is 1.19 bits per heavy atom. The average Bonchev–Trinajstić information content (AvgIpc) is 2.32. The topological polar surface area (TPSA) is 78.6 Å². The Balaban J connectivity index is 2.40. The molecule has 0 unspecified atom stereocenters. The number of hydrogen-bond donors (Lipinski definition) is 1. The zero-order valence-corrected chi connectivity index (χ0v) is 11.5. The lowest BCUT2D eigenvalue weighted by atomic mass is 10.3. The van der Waals surface area contributed by atoms with Crippen LogP contribution in [-0.4, -0.2) is 34.4 Å². The molecule has 0 aliphatic carbocycles. The Kier molecular flexibility index (Phi) is 5.93. The lowest BCUT2D eigenvalue weighted by Gasteiger charge is -2.09. The summed E-state index contributed by atoms with van der Waals surface area (Å²) in [6.45, 7) is -1.63. The molecule has 0 atom stereocenters. The molecule has 1 aromatic rings. The van der Waals surface area contributed by atoms with Gasteiger partial charge in [0.05, 0.1) is 18.1 Å². The highest BCUT2D eigenvalue weighted by molar-refractivity contribution is 7.89. The zero-order chi connectivity index (χ0) is 16.1. The van der Waals surface area contributed by atoms with Crippen molar-refractivity contribution in [2.45, 2.75) is 17.5 Å². The fourth-order valence-corrected chi connectivity index (χ4v) is 1.83. The molecule has 0 radical (unpaired) electrons. The summed E-state index contributed by atoms with van der Waals surface area (Å²) in [5.41, 5.74) is 0. The van der Waals surface area contributed by atoms with Gasteiger partial charge in [0.25, 0.3) is 0 Å². The van der Waals surface area contributed by atoms with Gasteiger partial charge >= 0.3 is 6.18 Å². The van der Waals surface area contributed by atoms with Gasteiger partial charge in [-0.25, -0.2) is 17.9 Å². The number of benzene rings is 1. The van der Waals surface area contributed by atoms with Gasteiger partial charge < -0.3 is 9.47 Å².